The fourth-order valence-electron chi connectivity index (χ4n) is 2.59. The van der Waals surface area contributed by atoms with E-state index in [2.05, 4.69) is 19.1 Å². The molecule has 1 aliphatic rings. The van der Waals surface area contributed by atoms with Crippen LogP contribution in [0.2, 0.25) is 0 Å². The number of rotatable bonds is 6. The van der Waals surface area contributed by atoms with Crippen LogP contribution < -0.4 is 0 Å². The fourth-order valence-corrected chi connectivity index (χ4v) is 3.35. The summed E-state index contributed by atoms with van der Waals surface area (Å²) in [5.74, 6) is 3.55. The summed E-state index contributed by atoms with van der Waals surface area (Å²) in [5.41, 5.74) is 0. The normalized spacial score (nSPS) is 20.5. The Labute approximate surface area is 129 Å². The third kappa shape index (κ3) is 3.56. The summed E-state index contributed by atoms with van der Waals surface area (Å²) in [4.78, 5) is 15.1. The van der Waals surface area contributed by atoms with Gasteiger partial charge in [-0.2, -0.15) is 0 Å². The Morgan fingerprint density at radius 2 is 2.24 bits per heavy atom. The molecule has 2 heterocycles. The predicted octanol–water partition coefficient (Wildman–Crippen LogP) is 4.06. The van der Waals surface area contributed by atoms with Gasteiger partial charge in [0.15, 0.2) is 0 Å². The third-order valence-corrected chi connectivity index (χ3v) is 5.00. The second-order valence-corrected chi connectivity index (χ2v) is 6.98. The van der Waals surface area contributed by atoms with Crippen molar-refractivity contribution >= 4 is 17.2 Å². The van der Waals surface area contributed by atoms with Gasteiger partial charge in [0.25, 0.3) is 0 Å². The topological polar surface area (TPSA) is 33.5 Å². The zero-order valence-electron chi connectivity index (χ0n) is 12.5. The van der Waals surface area contributed by atoms with Crippen LogP contribution in [0, 0.1) is 5.92 Å². The van der Waals surface area contributed by atoms with Crippen molar-refractivity contribution in [1.82, 2.24) is 4.90 Å². The van der Waals surface area contributed by atoms with Gasteiger partial charge in [-0.25, -0.2) is 0 Å². The van der Waals surface area contributed by atoms with E-state index >= 15 is 0 Å². The maximum Gasteiger partial charge on any atom is 0.223 e. The summed E-state index contributed by atoms with van der Waals surface area (Å²) >= 11 is 1.68. The van der Waals surface area contributed by atoms with Gasteiger partial charge >= 0.3 is 0 Å². The molecule has 1 amide bonds. The first-order chi connectivity index (χ1) is 10.1. The minimum Gasteiger partial charge on any atom is -0.466 e. The zero-order chi connectivity index (χ0) is 14.8. The number of thiophene rings is 1. The highest BCUT2D eigenvalue weighted by Crippen LogP contribution is 2.47. The van der Waals surface area contributed by atoms with Crippen molar-refractivity contribution in [1.29, 1.82) is 0 Å². The van der Waals surface area contributed by atoms with Gasteiger partial charge < -0.3 is 9.32 Å². The van der Waals surface area contributed by atoms with Gasteiger partial charge in [-0.15, -0.1) is 11.3 Å². The molecule has 1 saturated carbocycles. The van der Waals surface area contributed by atoms with Crippen molar-refractivity contribution in [2.24, 2.45) is 5.92 Å². The molecule has 1 fully saturated rings. The first kappa shape index (κ1) is 14.4. The second kappa shape index (κ2) is 6.06. The van der Waals surface area contributed by atoms with Gasteiger partial charge in [0.2, 0.25) is 5.91 Å². The molecule has 0 saturated heterocycles. The van der Waals surface area contributed by atoms with Crippen LogP contribution >= 0.6 is 11.3 Å². The largest absolute Gasteiger partial charge is 0.466 e. The van der Waals surface area contributed by atoms with Crippen molar-refractivity contribution in [3.8, 4) is 0 Å². The van der Waals surface area contributed by atoms with Crippen LogP contribution in [0.25, 0.3) is 0 Å². The third-order valence-electron chi connectivity index (χ3n) is 4.14. The summed E-state index contributed by atoms with van der Waals surface area (Å²) in [6, 6.07) is 8.17. The Bertz CT molecular complexity index is 602. The molecule has 1 aliphatic carbocycles. The lowest BCUT2D eigenvalue weighted by Gasteiger charge is -2.15. The van der Waals surface area contributed by atoms with Crippen molar-refractivity contribution in [3.05, 3.63) is 46.0 Å². The lowest BCUT2D eigenvalue weighted by Crippen LogP contribution is -2.25. The van der Waals surface area contributed by atoms with E-state index in [1.54, 1.807) is 16.2 Å². The summed E-state index contributed by atoms with van der Waals surface area (Å²) < 4.78 is 5.85. The molecule has 3 nitrogen and oxygen atoms in total. The van der Waals surface area contributed by atoms with Crippen LogP contribution in [-0.4, -0.2) is 17.9 Å². The van der Waals surface area contributed by atoms with Crippen LogP contribution in [0.15, 0.2) is 34.1 Å². The van der Waals surface area contributed by atoms with E-state index in [1.165, 1.54) is 11.3 Å². The number of carbonyl (C=O) groups is 1. The quantitative estimate of drug-likeness (QED) is 0.806. The average Bonchev–Trinajstić information content (AvgIpc) is 2.88. The number of nitrogens with zero attached hydrogens (tertiary/aromatic N) is 1. The lowest BCUT2D eigenvalue weighted by molar-refractivity contribution is -0.130. The molecular weight excluding hydrogens is 282 g/mol. The Kier molecular flexibility index (Phi) is 4.15. The molecule has 21 heavy (non-hydrogen) atoms. The Morgan fingerprint density at radius 1 is 1.43 bits per heavy atom. The molecule has 4 heteroatoms. The monoisotopic (exact) mass is 303 g/mol. The van der Waals surface area contributed by atoms with E-state index in [1.807, 2.05) is 24.6 Å². The Hall–Kier alpha value is -1.55. The maximum absolute atomic E-state index is 12.1. The number of carbonyl (C=O) groups excluding carboxylic acids is 1. The predicted molar refractivity (Wildman–Crippen MR) is 84.3 cm³/mol. The SMILES string of the molecule is C[C@@H]1C[C@@H]1c1ccc(CCC(=O)N(C)Cc2cccs2)o1. The van der Waals surface area contributed by atoms with E-state index < -0.39 is 0 Å². The summed E-state index contributed by atoms with van der Waals surface area (Å²) in [6.45, 7) is 2.94. The molecule has 0 unspecified atom stereocenters. The smallest absolute Gasteiger partial charge is 0.223 e. The van der Waals surface area contributed by atoms with Crippen LogP contribution in [-0.2, 0) is 17.8 Å². The van der Waals surface area contributed by atoms with Crippen molar-refractivity contribution in [2.45, 2.75) is 38.6 Å². The van der Waals surface area contributed by atoms with Gasteiger partial charge in [-0.05, 0) is 35.9 Å². The minimum absolute atomic E-state index is 0.168. The molecule has 0 spiro atoms. The van der Waals surface area contributed by atoms with Gasteiger partial charge in [0, 0.05) is 30.7 Å². The lowest BCUT2D eigenvalue weighted by atomic mass is 10.2. The van der Waals surface area contributed by atoms with Crippen molar-refractivity contribution in [3.63, 3.8) is 0 Å². The van der Waals surface area contributed by atoms with Crippen LogP contribution in [0.5, 0.6) is 0 Å². The zero-order valence-corrected chi connectivity index (χ0v) is 13.4. The van der Waals surface area contributed by atoms with Crippen LogP contribution in [0.3, 0.4) is 0 Å². The number of aryl methyl sites for hydroxylation is 1. The maximum atomic E-state index is 12.1. The Balaban J connectivity index is 1.47. The van der Waals surface area contributed by atoms with E-state index in [-0.39, 0.29) is 5.91 Å². The summed E-state index contributed by atoms with van der Waals surface area (Å²) in [6.07, 6.45) is 2.43. The van der Waals surface area contributed by atoms with Crippen molar-refractivity contribution in [2.75, 3.05) is 7.05 Å². The number of hydrogen-bond acceptors (Lipinski definition) is 3. The minimum atomic E-state index is 0.168. The average molecular weight is 303 g/mol. The number of furan rings is 1. The molecule has 0 radical (unpaired) electrons. The van der Waals surface area contributed by atoms with Crippen LogP contribution in [0.4, 0.5) is 0 Å². The first-order valence-electron chi connectivity index (χ1n) is 7.48. The van der Waals surface area contributed by atoms with Gasteiger partial charge in [0.1, 0.15) is 11.5 Å². The molecule has 0 aliphatic heterocycles. The van der Waals surface area contributed by atoms with Crippen LogP contribution in [0.1, 0.15) is 42.1 Å². The summed E-state index contributed by atoms with van der Waals surface area (Å²) in [5, 5.41) is 2.04. The molecule has 2 atom stereocenters. The first-order valence-corrected chi connectivity index (χ1v) is 8.36. The molecule has 0 aromatic carbocycles. The molecule has 112 valence electrons. The number of hydrogen-bond donors (Lipinski definition) is 0. The molecular formula is C17H21NO2S. The highest BCUT2D eigenvalue weighted by molar-refractivity contribution is 7.09. The van der Waals surface area contributed by atoms with Gasteiger partial charge in [-0.3, -0.25) is 4.79 Å². The van der Waals surface area contributed by atoms with Crippen molar-refractivity contribution < 1.29 is 9.21 Å². The fraction of sp³-hybridized carbons (Fsp3) is 0.471. The molecule has 2 aromatic rings. The highest BCUT2D eigenvalue weighted by Gasteiger charge is 2.36. The molecule has 0 bridgehead atoms. The van der Waals surface area contributed by atoms with E-state index in [9.17, 15) is 4.79 Å². The molecule has 2 aromatic heterocycles. The van der Waals surface area contributed by atoms with Gasteiger partial charge in [-0.1, -0.05) is 13.0 Å². The van der Waals surface area contributed by atoms with Gasteiger partial charge in [0.05, 0.1) is 6.54 Å². The Morgan fingerprint density at radius 3 is 2.90 bits per heavy atom. The van der Waals surface area contributed by atoms with E-state index in [0.29, 0.717) is 25.3 Å². The number of amides is 1. The highest BCUT2D eigenvalue weighted by atomic mass is 32.1. The summed E-state index contributed by atoms with van der Waals surface area (Å²) in [7, 11) is 1.86. The van der Waals surface area contributed by atoms with E-state index in [0.717, 1.165) is 17.4 Å². The molecule has 0 N–H and O–H groups in total. The second-order valence-electron chi connectivity index (χ2n) is 5.95. The molecule has 3 rings (SSSR count). The van der Waals surface area contributed by atoms with E-state index in [4.69, 9.17) is 4.42 Å². The standard InChI is InChI=1S/C17H21NO2S/c1-12-10-15(12)16-7-5-13(20-16)6-8-17(19)18(2)11-14-4-3-9-21-14/h3-5,7,9,12,15H,6,8,10-11H2,1-2H3/t12-,15+/m1/s1.